The Labute approximate surface area is 357 Å². The van der Waals surface area contributed by atoms with Crippen molar-refractivity contribution in [1.82, 2.24) is 0 Å². The van der Waals surface area contributed by atoms with Crippen LogP contribution in [0.15, 0.2) is 132 Å². The van der Waals surface area contributed by atoms with Gasteiger partial charge in [-0.15, -0.1) is 0 Å². The smallest absolute Gasteiger partial charge is 0.0808 e. The molecule has 7 atom stereocenters. The number of allylic oxidation sites excluding steroid dienone is 12. The van der Waals surface area contributed by atoms with Crippen LogP contribution in [0, 0.1) is 62.6 Å². The van der Waals surface area contributed by atoms with E-state index in [2.05, 4.69) is 192 Å². The predicted molar refractivity (Wildman–Crippen MR) is 256 cm³/mol. The predicted octanol–water partition coefficient (Wildman–Crippen LogP) is 15.1. The van der Waals surface area contributed by atoms with Crippen LogP contribution < -0.4 is 10.4 Å². The molecule has 0 amide bonds. The van der Waals surface area contributed by atoms with Crippen LogP contribution in [-0.4, -0.2) is 8.07 Å². The number of hydrogen-bond acceptors (Lipinski definition) is 0. The van der Waals surface area contributed by atoms with Crippen molar-refractivity contribution in [3.63, 3.8) is 0 Å². The summed E-state index contributed by atoms with van der Waals surface area (Å²) >= 11 is 0. The summed E-state index contributed by atoms with van der Waals surface area (Å²) in [5.41, 5.74) is 9.35. The molecule has 0 spiro atoms. The normalized spacial score (nSPS) is 33.1. The fraction of sp³-hybridized carbons (Fsp3) is 0.579. The van der Waals surface area contributed by atoms with Crippen LogP contribution in [0.5, 0.6) is 0 Å². The van der Waals surface area contributed by atoms with E-state index in [1.807, 2.05) is 13.8 Å². The highest BCUT2D eigenvalue weighted by atomic mass is 28.3. The van der Waals surface area contributed by atoms with Gasteiger partial charge >= 0.3 is 0 Å². The molecule has 0 aliphatic heterocycles. The molecule has 312 valence electrons. The molecular formula is C57H80Si. The van der Waals surface area contributed by atoms with Gasteiger partial charge in [-0.05, 0) is 128 Å². The summed E-state index contributed by atoms with van der Waals surface area (Å²) in [6.45, 7) is 33.2. The highest BCUT2D eigenvalue weighted by molar-refractivity contribution is 7.04. The van der Waals surface area contributed by atoms with E-state index in [4.69, 9.17) is 0 Å². The van der Waals surface area contributed by atoms with Gasteiger partial charge in [-0.3, -0.25) is 0 Å². The standard InChI is InChI=1S/C50H62Si.C5H12.C2H6/c1-47(2)25-27-49(5,6)43-31-39-37(29-41(43)47)38-30-42-44(50(7,8)28-26-48(42,3)4)32-40(38)46(39)51(34-18-11-9-12-19-34,35-20-13-10-14-21-35)45-24-23-33-17-15-16-22-36(33)45;1-5(2,3)4;1-2/h9-22,29-33,36-40,45-46H,23-28H2,1-8H3;1-4H3;1-2H3. The maximum absolute atomic E-state index is 2.96. The summed E-state index contributed by atoms with van der Waals surface area (Å²) in [7, 11) is -2.52. The minimum absolute atomic E-state index is 0.207. The minimum atomic E-state index is -2.52. The van der Waals surface area contributed by atoms with E-state index < -0.39 is 8.07 Å². The summed E-state index contributed by atoms with van der Waals surface area (Å²) in [5.74, 6) is 3.41. The molecule has 0 saturated heterocycles. The third-order valence-electron chi connectivity index (χ3n) is 16.0. The quantitative estimate of drug-likeness (QED) is 0.271. The number of rotatable bonds is 4. The summed E-state index contributed by atoms with van der Waals surface area (Å²) in [6.07, 6.45) is 29.4. The second-order valence-corrected chi connectivity index (χ2v) is 27.8. The van der Waals surface area contributed by atoms with Gasteiger partial charge in [0, 0.05) is 0 Å². The van der Waals surface area contributed by atoms with Crippen molar-refractivity contribution < 1.29 is 0 Å². The van der Waals surface area contributed by atoms with Crippen LogP contribution in [0.1, 0.15) is 135 Å². The van der Waals surface area contributed by atoms with Crippen molar-refractivity contribution in [3.05, 3.63) is 132 Å². The fourth-order valence-corrected chi connectivity index (χ4v) is 20.5. The third-order valence-corrected chi connectivity index (χ3v) is 22.3. The molecule has 0 radical (unpaired) electrons. The first kappa shape index (κ1) is 43.2. The lowest BCUT2D eigenvalue weighted by Crippen LogP contribution is -2.67. The van der Waals surface area contributed by atoms with E-state index >= 15 is 0 Å². The summed E-state index contributed by atoms with van der Waals surface area (Å²) in [4.78, 5) is 0. The zero-order valence-corrected chi connectivity index (χ0v) is 40.3. The van der Waals surface area contributed by atoms with Gasteiger partial charge in [0.25, 0.3) is 0 Å². The molecule has 4 saturated carbocycles. The average Bonchev–Trinajstić information content (AvgIpc) is 3.76. The maximum atomic E-state index is 2.96. The Morgan fingerprint density at radius 2 is 0.810 bits per heavy atom. The van der Waals surface area contributed by atoms with Gasteiger partial charge in [0.15, 0.2) is 0 Å². The van der Waals surface area contributed by atoms with Gasteiger partial charge in [0.05, 0.1) is 0 Å². The van der Waals surface area contributed by atoms with Crippen LogP contribution >= 0.6 is 0 Å². The SMILES string of the molecule is CC.CC(C)(C)C.CC1(C)CCC(C)(C)C2=CC3C(C=C21)C1C=C2C(=CC1C3[Si](c1ccccc1)(c1ccccc1)C1CCC3C=CC=CC31)C(C)(C)CCC2(C)C. The molecule has 2 aromatic carbocycles. The summed E-state index contributed by atoms with van der Waals surface area (Å²) in [5, 5.41) is 3.36. The van der Waals surface area contributed by atoms with Crippen LogP contribution in [0.4, 0.5) is 0 Å². The maximum Gasteiger partial charge on any atom is 0.125 e. The third kappa shape index (κ3) is 7.45. The summed E-state index contributed by atoms with van der Waals surface area (Å²) < 4.78 is 0. The Morgan fingerprint density at radius 1 is 0.466 bits per heavy atom. The lowest BCUT2D eigenvalue weighted by Gasteiger charge is -2.52. The molecule has 1 heteroatoms. The van der Waals surface area contributed by atoms with Crippen molar-refractivity contribution in [2.45, 2.75) is 147 Å². The van der Waals surface area contributed by atoms with Crippen LogP contribution in [0.2, 0.25) is 11.1 Å². The van der Waals surface area contributed by atoms with Gasteiger partial charge in [0.2, 0.25) is 0 Å². The first-order valence-electron chi connectivity index (χ1n) is 23.6. The van der Waals surface area contributed by atoms with Crippen LogP contribution in [0.3, 0.4) is 0 Å². The van der Waals surface area contributed by atoms with Crippen molar-refractivity contribution in [1.29, 1.82) is 0 Å². The molecule has 7 aliphatic rings. The Kier molecular flexibility index (Phi) is 11.6. The highest BCUT2D eigenvalue weighted by Crippen LogP contribution is 2.68. The van der Waals surface area contributed by atoms with Crippen molar-refractivity contribution in [2.75, 3.05) is 0 Å². The molecule has 0 bridgehead atoms. The van der Waals surface area contributed by atoms with Gasteiger partial charge in [0.1, 0.15) is 8.07 Å². The Bertz CT molecular complexity index is 1860. The Balaban J connectivity index is 0.000000682. The average molecular weight is 793 g/mol. The molecule has 9 rings (SSSR count). The van der Waals surface area contributed by atoms with Crippen LogP contribution in [-0.2, 0) is 0 Å². The second-order valence-electron chi connectivity index (χ2n) is 23.5. The fourth-order valence-electron chi connectivity index (χ4n) is 13.1. The van der Waals surface area contributed by atoms with Gasteiger partial charge < -0.3 is 0 Å². The first-order valence-corrected chi connectivity index (χ1v) is 25.8. The number of benzene rings is 2. The van der Waals surface area contributed by atoms with Gasteiger partial charge in [-0.2, -0.15) is 0 Å². The molecule has 0 heterocycles. The van der Waals surface area contributed by atoms with E-state index in [1.165, 1.54) is 38.5 Å². The zero-order chi connectivity index (χ0) is 42.1. The van der Waals surface area contributed by atoms with E-state index in [0.29, 0.717) is 52.0 Å². The monoisotopic (exact) mass is 793 g/mol. The van der Waals surface area contributed by atoms with E-state index in [1.54, 1.807) is 32.7 Å². The zero-order valence-electron chi connectivity index (χ0n) is 39.3. The lowest BCUT2D eigenvalue weighted by atomic mass is 9.56. The topological polar surface area (TPSA) is 0 Å². The molecule has 7 unspecified atom stereocenters. The van der Waals surface area contributed by atoms with E-state index in [0.717, 1.165) is 0 Å². The molecule has 2 aromatic rings. The van der Waals surface area contributed by atoms with Crippen molar-refractivity contribution in [2.24, 2.45) is 62.6 Å². The van der Waals surface area contributed by atoms with Gasteiger partial charge in [-0.1, -0.05) is 223 Å². The first-order chi connectivity index (χ1) is 27.3. The molecule has 4 fully saturated rings. The summed E-state index contributed by atoms with van der Waals surface area (Å²) in [6, 6.07) is 24.4. The second kappa shape index (κ2) is 15.5. The largest absolute Gasteiger partial charge is 0.125 e. The lowest BCUT2D eigenvalue weighted by molar-refractivity contribution is 0.244. The molecule has 7 aliphatic carbocycles. The van der Waals surface area contributed by atoms with Crippen LogP contribution in [0.25, 0.3) is 0 Å². The molecular weight excluding hydrogens is 713 g/mol. The minimum Gasteiger partial charge on any atom is -0.0808 e. The molecule has 0 N–H and O–H groups in total. The van der Waals surface area contributed by atoms with Crippen molar-refractivity contribution in [3.8, 4) is 0 Å². The number of fused-ring (bicyclic) bond motifs is 6. The molecule has 0 nitrogen and oxygen atoms in total. The molecule has 58 heavy (non-hydrogen) atoms. The Morgan fingerprint density at radius 3 is 1.19 bits per heavy atom. The van der Waals surface area contributed by atoms with Crippen molar-refractivity contribution >= 4 is 18.4 Å². The van der Waals surface area contributed by atoms with Gasteiger partial charge in [-0.25, -0.2) is 0 Å². The van der Waals surface area contributed by atoms with E-state index in [9.17, 15) is 0 Å². The highest BCUT2D eigenvalue weighted by Gasteiger charge is 2.65. The van der Waals surface area contributed by atoms with E-state index in [-0.39, 0.29) is 21.7 Å². The molecule has 0 aromatic heterocycles. The Hall–Kier alpha value is -2.90. The number of hydrogen-bond donors (Lipinski definition) is 0.